The Bertz CT molecular complexity index is 912. The van der Waals surface area contributed by atoms with Gasteiger partial charge in [-0.1, -0.05) is 12.1 Å². The van der Waals surface area contributed by atoms with E-state index < -0.39 is 0 Å². The van der Waals surface area contributed by atoms with Crippen LogP contribution in [0.2, 0.25) is 0 Å². The summed E-state index contributed by atoms with van der Waals surface area (Å²) in [5.41, 5.74) is 1.16. The second-order valence-corrected chi connectivity index (χ2v) is 4.95. The lowest BCUT2D eigenvalue weighted by molar-refractivity contribution is 0.172. The van der Waals surface area contributed by atoms with Crippen molar-refractivity contribution >= 4 is 11.0 Å². The smallest absolute Gasteiger partial charge is 0.205 e. The highest BCUT2D eigenvalue weighted by Crippen LogP contribution is 2.37. The van der Waals surface area contributed by atoms with Crippen LogP contribution in [0.1, 0.15) is 0 Å². The SMILES string of the molecule is O=c1c(-c2ccc(F)cc2)coc2c3c(ccc12)OCCO3. The van der Waals surface area contributed by atoms with Crippen LogP contribution in [0.3, 0.4) is 0 Å². The monoisotopic (exact) mass is 298 g/mol. The minimum atomic E-state index is -0.353. The van der Waals surface area contributed by atoms with E-state index in [-0.39, 0.29) is 11.2 Å². The molecule has 4 rings (SSSR count). The summed E-state index contributed by atoms with van der Waals surface area (Å²) in [6.07, 6.45) is 1.37. The van der Waals surface area contributed by atoms with Gasteiger partial charge in [-0.15, -0.1) is 0 Å². The quantitative estimate of drug-likeness (QED) is 0.691. The zero-order chi connectivity index (χ0) is 15.1. The van der Waals surface area contributed by atoms with Crippen molar-refractivity contribution in [1.82, 2.24) is 0 Å². The van der Waals surface area contributed by atoms with Gasteiger partial charge in [-0.2, -0.15) is 0 Å². The zero-order valence-corrected chi connectivity index (χ0v) is 11.5. The summed E-state index contributed by atoms with van der Waals surface area (Å²) in [7, 11) is 0. The van der Waals surface area contributed by atoms with Gasteiger partial charge in [0.1, 0.15) is 25.3 Å². The van der Waals surface area contributed by atoms with Crippen LogP contribution in [0, 0.1) is 5.82 Å². The number of ether oxygens (including phenoxy) is 2. The Morgan fingerprint density at radius 3 is 2.55 bits per heavy atom. The minimum absolute atomic E-state index is 0.190. The summed E-state index contributed by atoms with van der Waals surface area (Å²) in [5, 5.41) is 0.408. The normalized spacial score (nSPS) is 13.3. The molecule has 0 saturated carbocycles. The summed E-state index contributed by atoms with van der Waals surface area (Å²) in [6.45, 7) is 0.881. The maximum Gasteiger partial charge on any atom is 0.205 e. The van der Waals surface area contributed by atoms with E-state index in [0.29, 0.717) is 46.8 Å². The summed E-state index contributed by atoms with van der Waals surface area (Å²) in [6, 6.07) is 9.06. The molecule has 1 aliphatic rings. The molecule has 0 bridgehead atoms. The van der Waals surface area contributed by atoms with Gasteiger partial charge in [0.25, 0.3) is 0 Å². The highest BCUT2D eigenvalue weighted by atomic mass is 19.1. The number of rotatable bonds is 1. The first kappa shape index (κ1) is 12.9. The molecular formula is C17H11FO4. The van der Waals surface area contributed by atoms with E-state index in [9.17, 15) is 9.18 Å². The predicted octanol–water partition coefficient (Wildman–Crippen LogP) is 3.37. The molecule has 0 radical (unpaired) electrons. The Hall–Kier alpha value is -2.82. The van der Waals surface area contributed by atoms with Crippen LogP contribution < -0.4 is 14.9 Å². The van der Waals surface area contributed by atoms with E-state index in [1.165, 1.54) is 18.4 Å². The van der Waals surface area contributed by atoms with Crippen LogP contribution in [0.4, 0.5) is 4.39 Å². The van der Waals surface area contributed by atoms with Crippen LogP contribution in [-0.4, -0.2) is 13.2 Å². The van der Waals surface area contributed by atoms with Gasteiger partial charge in [0.05, 0.1) is 10.9 Å². The van der Waals surface area contributed by atoms with Crippen molar-refractivity contribution in [3.05, 3.63) is 58.7 Å². The van der Waals surface area contributed by atoms with Gasteiger partial charge in [-0.3, -0.25) is 4.79 Å². The van der Waals surface area contributed by atoms with Gasteiger partial charge in [0.15, 0.2) is 11.3 Å². The largest absolute Gasteiger partial charge is 0.486 e. The maximum atomic E-state index is 13.0. The van der Waals surface area contributed by atoms with E-state index in [4.69, 9.17) is 13.9 Å². The Morgan fingerprint density at radius 2 is 1.73 bits per heavy atom. The summed E-state index contributed by atoms with van der Waals surface area (Å²) < 4.78 is 29.6. The fourth-order valence-corrected chi connectivity index (χ4v) is 2.53. The third kappa shape index (κ3) is 1.94. The highest BCUT2D eigenvalue weighted by Gasteiger charge is 2.19. The molecule has 1 aromatic heterocycles. The second-order valence-electron chi connectivity index (χ2n) is 4.95. The van der Waals surface area contributed by atoms with Crippen LogP contribution in [0.5, 0.6) is 11.5 Å². The lowest BCUT2D eigenvalue weighted by Gasteiger charge is -2.18. The molecular weight excluding hydrogens is 287 g/mol. The molecule has 3 aromatic rings. The van der Waals surface area contributed by atoms with Gasteiger partial charge >= 0.3 is 0 Å². The average Bonchev–Trinajstić information content (AvgIpc) is 2.56. The van der Waals surface area contributed by atoms with Crippen molar-refractivity contribution in [3.63, 3.8) is 0 Å². The molecule has 2 aromatic carbocycles. The molecule has 0 unspecified atom stereocenters. The van der Waals surface area contributed by atoms with Crippen molar-refractivity contribution in [2.45, 2.75) is 0 Å². The Kier molecular flexibility index (Phi) is 2.85. The molecule has 4 nitrogen and oxygen atoms in total. The van der Waals surface area contributed by atoms with Crippen molar-refractivity contribution in [3.8, 4) is 22.6 Å². The molecule has 0 aliphatic carbocycles. The van der Waals surface area contributed by atoms with Crippen molar-refractivity contribution < 1.29 is 18.3 Å². The van der Waals surface area contributed by atoms with Gasteiger partial charge < -0.3 is 13.9 Å². The molecule has 0 fully saturated rings. The van der Waals surface area contributed by atoms with Gasteiger partial charge in [-0.25, -0.2) is 4.39 Å². The molecule has 0 amide bonds. The van der Waals surface area contributed by atoms with E-state index in [2.05, 4.69) is 0 Å². The Morgan fingerprint density at radius 1 is 0.955 bits per heavy atom. The van der Waals surface area contributed by atoms with Gasteiger partial charge in [-0.05, 0) is 29.8 Å². The van der Waals surface area contributed by atoms with Crippen LogP contribution in [-0.2, 0) is 0 Å². The number of hydrogen-bond acceptors (Lipinski definition) is 4. The van der Waals surface area contributed by atoms with E-state index >= 15 is 0 Å². The lowest BCUT2D eigenvalue weighted by Crippen LogP contribution is -2.16. The summed E-state index contributed by atoms with van der Waals surface area (Å²) in [5.74, 6) is 0.663. The Balaban J connectivity index is 1.95. The standard InChI is InChI=1S/C17H11FO4/c18-11-3-1-10(2-4-11)13-9-22-16-12(15(13)19)5-6-14-17(16)21-8-7-20-14/h1-6,9H,7-8H2. The predicted molar refractivity (Wildman–Crippen MR) is 78.9 cm³/mol. The number of halogens is 1. The third-order valence-corrected chi connectivity index (χ3v) is 3.60. The molecule has 0 saturated heterocycles. The minimum Gasteiger partial charge on any atom is -0.486 e. The molecule has 2 heterocycles. The van der Waals surface area contributed by atoms with E-state index in [0.717, 1.165) is 0 Å². The Labute approximate surface area is 124 Å². The topological polar surface area (TPSA) is 48.7 Å². The van der Waals surface area contributed by atoms with Crippen LogP contribution >= 0.6 is 0 Å². The first-order valence-corrected chi connectivity index (χ1v) is 6.84. The molecule has 22 heavy (non-hydrogen) atoms. The maximum absolute atomic E-state index is 13.0. The van der Waals surface area contributed by atoms with Crippen molar-refractivity contribution in [2.75, 3.05) is 13.2 Å². The molecule has 0 atom stereocenters. The average molecular weight is 298 g/mol. The van der Waals surface area contributed by atoms with Crippen LogP contribution in [0.25, 0.3) is 22.1 Å². The molecule has 0 N–H and O–H groups in total. The molecule has 5 heteroatoms. The number of hydrogen-bond donors (Lipinski definition) is 0. The number of benzene rings is 2. The third-order valence-electron chi connectivity index (χ3n) is 3.60. The summed E-state index contributed by atoms with van der Waals surface area (Å²) >= 11 is 0. The summed E-state index contributed by atoms with van der Waals surface area (Å²) in [4.78, 5) is 12.6. The van der Waals surface area contributed by atoms with Crippen molar-refractivity contribution in [2.24, 2.45) is 0 Å². The zero-order valence-electron chi connectivity index (χ0n) is 11.5. The lowest BCUT2D eigenvalue weighted by atomic mass is 10.1. The molecule has 110 valence electrons. The fourth-order valence-electron chi connectivity index (χ4n) is 2.53. The first-order valence-electron chi connectivity index (χ1n) is 6.84. The number of fused-ring (bicyclic) bond motifs is 3. The van der Waals surface area contributed by atoms with Gasteiger partial charge in [0, 0.05) is 0 Å². The molecule has 1 aliphatic heterocycles. The van der Waals surface area contributed by atoms with E-state index in [1.807, 2.05) is 0 Å². The fraction of sp³-hybridized carbons (Fsp3) is 0.118. The highest BCUT2D eigenvalue weighted by molar-refractivity contribution is 5.88. The molecule has 0 spiro atoms. The van der Waals surface area contributed by atoms with Gasteiger partial charge in [0.2, 0.25) is 11.2 Å². The van der Waals surface area contributed by atoms with E-state index in [1.54, 1.807) is 24.3 Å². The van der Waals surface area contributed by atoms with Crippen molar-refractivity contribution in [1.29, 1.82) is 0 Å². The van der Waals surface area contributed by atoms with Crippen LogP contribution in [0.15, 0.2) is 51.9 Å². The second kappa shape index (κ2) is 4.87. The first-order chi connectivity index (χ1) is 10.7.